The molecule has 0 unspecified atom stereocenters. The number of rotatable bonds is 6. The molecule has 7 heteroatoms. The lowest BCUT2D eigenvalue weighted by Gasteiger charge is -2.27. The van der Waals surface area contributed by atoms with Crippen molar-refractivity contribution in [1.82, 2.24) is 19.4 Å². The molecule has 5 rings (SSSR count). The van der Waals surface area contributed by atoms with Gasteiger partial charge in [-0.3, -0.25) is 14.5 Å². The molecule has 1 aromatic heterocycles. The molecule has 32 heavy (non-hydrogen) atoms. The van der Waals surface area contributed by atoms with Crippen LogP contribution in [-0.4, -0.2) is 50.8 Å². The molecule has 1 saturated heterocycles. The first-order valence-corrected chi connectivity index (χ1v) is 11.2. The quantitative estimate of drug-likeness (QED) is 0.652. The van der Waals surface area contributed by atoms with Crippen molar-refractivity contribution in [3.8, 4) is 0 Å². The molecule has 3 heterocycles. The zero-order valence-electron chi connectivity index (χ0n) is 18.0. The number of nitrogens with one attached hydrogen (secondary N) is 1. The van der Waals surface area contributed by atoms with Crippen molar-refractivity contribution >= 4 is 17.5 Å². The number of hydrogen-bond acceptors (Lipinski definition) is 4. The van der Waals surface area contributed by atoms with Gasteiger partial charge in [-0.1, -0.05) is 42.5 Å². The molecular formula is C25H27N5O2. The van der Waals surface area contributed by atoms with Crippen LogP contribution in [0, 0.1) is 0 Å². The van der Waals surface area contributed by atoms with Crippen molar-refractivity contribution in [3.05, 3.63) is 83.4 Å². The summed E-state index contributed by atoms with van der Waals surface area (Å²) in [5.41, 5.74) is 3.27. The number of fused-ring (bicyclic) bond motifs is 1. The number of imidazole rings is 1. The summed E-state index contributed by atoms with van der Waals surface area (Å²) >= 11 is 0. The van der Waals surface area contributed by atoms with Gasteiger partial charge in [-0.25, -0.2) is 4.98 Å². The largest absolute Gasteiger partial charge is 0.330 e. The van der Waals surface area contributed by atoms with Crippen LogP contribution < -0.4 is 5.32 Å². The summed E-state index contributed by atoms with van der Waals surface area (Å²) < 4.78 is 1.78. The Morgan fingerprint density at radius 2 is 1.69 bits per heavy atom. The first kappa shape index (κ1) is 20.5. The molecule has 1 fully saturated rings. The minimum absolute atomic E-state index is 0.147. The molecule has 2 amide bonds. The molecule has 0 aliphatic carbocycles. The van der Waals surface area contributed by atoms with Crippen LogP contribution >= 0.6 is 0 Å². The van der Waals surface area contributed by atoms with Gasteiger partial charge in [0, 0.05) is 38.1 Å². The zero-order chi connectivity index (χ0) is 21.9. The van der Waals surface area contributed by atoms with Crippen LogP contribution in [-0.2, 0) is 19.6 Å². The van der Waals surface area contributed by atoms with E-state index in [0.717, 1.165) is 30.9 Å². The monoisotopic (exact) mass is 429 g/mol. The van der Waals surface area contributed by atoms with Gasteiger partial charge in [0.15, 0.2) is 5.82 Å². The van der Waals surface area contributed by atoms with Crippen LogP contribution in [0.3, 0.4) is 0 Å². The second-order valence-corrected chi connectivity index (χ2v) is 8.49. The number of nitrogens with zero attached hydrogens (tertiary/aromatic N) is 4. The van der Waals surface area contributed by atoms with E-state index in [1.807, 2.05) is 48.5 Å². The fourth-order valence-electron chi connectivity index (χ4n) is 4.43. The predicted octanol–water partition coefficient (Wildman–Crippen LogP) is 3.39. The Hall–Kier alpha value is -3.45. The molecule has 3 aromatic rings. The van der Waals surface area contributed by atoms with Crippen molar-refractivity contribution in [1.29, 1.82) is 0 Å². The number of likely N-dealkylation sites (tertiary alicyclic amines) is 1. The normalized spacial score (nSPS) is 16.2. The van der Waals surface area contributed by atoms with Crippen LogP contribution in [0.2, 0.25) is 0 Å². The molecule has 2 aliphatic heterocycles. The highest BCUT2D eigenvalue weighted by Crippen LogP contribution is 2.19. The van der Waals surface area contributed by atoms with E-state index in [9.17, 15) is 9.59 Å². The Bertz CT molecular complexity index is 1120. The van der Waals surface area contributed by atoms with E-state index < -0.39 is 0 Å². The molecule has 7 nitrogen and oxygen atoms in total. The molecule has 0 saturated carbocycles. The fourth-order valence-corrected chi connectivity index (χ4v) is 4.43. The van der Waals surface area contributed by atoms with E-state index in [-0.39, 0.29) is 17.5 Å². The topological polar surface area (TPSA) is 70.5 Å². The van der Waals surface area contributed by atoms with Crippen LogP contribution in [0.5, 0.6) is 0 Å². The fraction of sp³-hybridized carbons (Fsp3) is 0.320. The summed E-state index contributed by atoms with van der Waals surface area (Å²) in [6.07, 6.45) is 4.18. The Kier molecular flexibility index (Phi) is 5.73. The Balaban J connectivity index is 1.26. The Labute approximate surface area is 187 Å². The first-order valence-electron chi connectivity index (χ1n) is 11.2. The minimum atomic E-state index is -0.298. The van der Waals surface area contributed by atoms with E-state index in [0.29, 0.717) is 25.5 Å². The lowest BCUT2D eigenvalue weighted by Crippen LogP contribution is -2.39. The van der Waals surface area contributed by atoms with Crippen LogP contribution in [0.1, 0.15) is 45.1 Å². The number of carbonyl (C=O) groups is 2. The Morgan fingerprint density at radius 3 is 2.50 bits per heavy atom. The second kappa shape index (κ2) is 8.96. The molecule has 164 valence electrons. The van der Waals surface area contributed by atoms with E-state index in [1.165, 1.54) is 18.4 Å². The van der Waals surface area contributed by atoms with E-state index in [4.69, 9.17) is 0 Å². The zero-order valence-corrected chi connectivity index (χ0v) is 18.0. The summed E-state index contributed by atoms with van der Waals surface area (Å²) in [5.74, 6) is -0.125. The van der Waals surface area contributed by atoms with E-state index in [1.54, 1.807) is 15.7 Å². The number of benzene rings is 2. The highest BCUT2D eigenvalue weighted by molar-refractivity contribution is 6.04. The van der Waals surface area contributed by atoms with Crippen molar-refractivity contribution in [2.24, 2.45) is 0 Å². The lowest BCUT2D eigenvalue weighted by molar-refractivity contribution is 0.0683. The Morgan fingerprint density at radius 1 is 0.906 bits per heavy atom. The molecule has 0 radical (unpaired) electrons. The number of carbonyl (C=O) groups excluding carboxylic acids is 2. The smallest absolute Gasteiger partial charge is 0.290 e. The van der Waals surface area contributed by atoms with Crippen LogP contribution in [0.4, 0.5) is 5.69 Å². The van der Waals surface area contributed by atoms with Gasteiger partial charge >= 0.3 is 0 Å². The third kappa shape index (κ3) is 4.43. The van der Waals surface area contributed by atoms with Crippen LogP contribution in [0.15, 0.2) is 60.8 Å². The average molecular weight is 430 g/mol. The highest BCUT2D eigenvalue weighted by Gasteiger charge is 2.28. The maximum absolute atomic E-state index is 12.9. The molecule has 1 N–H and O–H groups in total. The molecule has 0 atom stereocenters. The van der Waals surface area contributed by atoms with Crippen molar-refractivity contribution in [3.63, 3.8) is 0 Å². The molecule has 0 spiro atoms. The third-order valence-electron chi connectivity index (χ3n) is 6.10. The first-order chi connectivity index (χ1) is 15.7. The van der Waals surface area contributed by atoms with Crippen molar-refractivity contribution < 1.29 is 9.59 Å². The van der Waals surface area contributed by atoms with Crippen molar-refractivity contribution in [2.45, 2.75) is 32.5 Å². The number of aromatic nitrogens is 2. The second-order valence-electron chi connectivity index (χ2n) is 8.49. The van der Waals surface area contributed by atoms with E-state index >= 15 is 0 Å². The lowest BCUT2D eigenvalue weighted by atomic mass is 10.2. The van der Waals surface area contributed by atoms with Gasteiger partial charge in [0.05, 0.1) is 0 Å². The van der Waals surface area contributed by atoms with Gasteiger partial charge in [-0.2, -0.15) is 0 Å². The summed E-state index contributed by atoms with van der Waals surface area (Å²) in [6, 6.07) is 17.8. The molecule has 2 aliphatic rings. The number of anilines is 1. The van der Waals surface area contributed by atoms with Gasteiger partial charge < -0.3 is 14.8 Å². The summed E-state index contributed by atoms with van der Waals surface area (Å²) in [4.78, 5) is 34.4. The van der Waals surface area contributed by atoms with Crippen molar-refractivity contribution in [2.75, 3.05) is 25.0 Å². The van der Waals surface area contributed by atoms with E-state index in [2.05, 4.69) is 21.3 Å². The molecule has 0 bridgehead atoms. The van der Waals surface area contributed by atoms with Crippen LogP contribution in [0.25, 0.3) is 0 Å². The molecule has 2 aromatic carbocycles. The number of amides is 2. The number of hydrogen-bond donors (Lipinski definition) is 1. The maximum atomic E-state index is 12.9. The summed E-state index contributed by atoms with van der Waals surface area (Å²) in [6.45, 7) is 4.92. The van der Waals surface area contributed by atoms with Gasteiger partial charge in [0.2, 0.25) is 0 Å². The third-order valence-corrected chi connectivity index (χ3v) is 6.10. The highest BCUT2D eigenvalue weighted by atomic mass is 16.2. The summed E-state index contributed by atoms with van der Waals surface area (Å²) in [5, 5.41) is 2.94. The minimum Gasteiger partial charge on any atom is -0.330 e. The van der Waals surface area contributed by atoms with Gasteiger partial charge in [-0.15, -0.1) is 0 Å². The molecular weight excluding hydrogens is 402 g/mol. The SMILES string of the molecule is O=C(Nc1cccc(CN2CCCC2)c1)c1cn2c(n1)C(=O)N(Cc1ccccc1)CC2. The average Bonchev–Trinajstić information content (AvgIpc) is 3.47. The predicted molar refractivity (Wildman–Crippen MR) is 122 cm³/mol. The van der Waals surface area contributed by atoms with Gasteiger partial charge in [0.25, 0.3) is 11.8 Å². The standard InChI is InChI=1S/C25H27N5O2/c31-24(26-21-10-6-9-20(15-21)16-28-11-4-5-12-28)22-18-29-13-14-30(25(32)23(29)27-22)17-19-7-2-1-3-8-19/h1-3,6-10,15,18H,4-5,11-14,16-17H2,(H,26,31). The van der Waals surface area contributed by atoms with Gasteiger partial charge in [-0.05, 0) is 49.2 Å². The summed E-state index contributed by atoms with van der Waals surface area (Å²) in [7, 11) is 0. The maximum Gasteiger partial charge on any atom is 0.290 e. The van der Waals surface area contributed by atoms with Gasteiger partial charge in [0.1, 0.15) is 5.69 Å².